The average Bonchev–Trinajstić information content (AvgIpc) is 3.59. The Morgan fingerprint density at radius 1 is 0.976 bits per heavy atom. The summed E-state index contributed by atoms with van der Waals surface area (Å²) in [5.41, 5.74) is 2.89. The first-order valence-electron chi connectivity index (χ1n) is 13.0. The summed E-state index contributed by atoms with van der Waals surface area (Å²) < 4.78 is 17.4. The maximum Gasteiger partial charge on any atom is 0.266 e. The van der Waals surface area contributed by atoms with Gasteiger partial charge in [0.25, 0.3) is 11.8 Å². The Kier molecular flexibility index (Phi) is 7.10. The molecule has 12 heteroatoms. The van der Waals surface area contributed by atoms with E-state index in [0.717, 1.165) is 16.8 Å². The largest absolute Gasteiger partial charge is 0.414 e. The summed E-state index contributed by atoms with van der Waals surface area (Å²) in [6.07, 6.45) is 2.75. The van der Waals surface area contributed by atoms with Crippen molar-refractivity contribution in [3.05, 3.63) is 89.9 Å². The van der Waals surface area contributed by atoms with Crippen molar-refractivity contribution in [2.24, 2.45) is 0 Å². The van der Waals surface area contributed by atoms with Gasteiger partial charge in [-0.2, -0.15) is 4.98 Å². The molecule has 0 bridgehead atoms. The lowest BCUT2D eigenvalue weighted by Crippen LogP contribution is -2.18. The first-order chi connectivity index (χ1) is 19.9. The van der Waals surface area contributed by atoms with E-state index in [1.807, 2.05) is 62.4 Å². The third-order valence-electron chi connectivity index (χ3n) is 6.63. The number of fused-ring (bicyclic) bond motifs is 1. The normalized spacial score (nSPS) is 16.2. The van der Waals surface area contributed by atoms with Gasteiger partial charge in [0, 0.05) is 25.1 Å². The van der Waals surface area contributed by atoms with Crippen molar-refractivity contribution in [1.29, 1.82) is 0 Å². The molecule has 12 nitrogen and oxygen atoms in total. The highest BCUT2D eigenvalue weighted by atomic mass is 16.7. The monoisotopic (exact) mass is 552 g/mol. The highest BCUT2D eigenvalue weighted by Gasteiger charge is 2.39. The van der Waals surface area contributed by atoms with Gasteiger partial charge in [-0.25, -0.2) is 9.97 Å². The van der Waals surface area contributed by atoms with Crippen LogP contribution in [0.1, 0.15) is 43.0 Å². The fourth-order valence-electron chi connectivity index (χ4n) is 4.61. The minimum absolute atomic E-state index is 0.179. The van der Waals surface area contributed by atoms with E-state index in [1.54, 1.807) is 31.6 Å². The smallest absolute Gasteiger partial charge is 0.266 e. The molecule has 0 amide bonds. The summed E-state index contributed by atoms with van der Waals surface area (Å²) in [5.74, 6) is 1.65. The summed E-state index contributed by atoms with van der Waals surface area (Å²) in [7, 11) is 1.60. The molecule has 0 saturated carbocycles. The van der Waals surface area contributed by atoms with Crippen molar-refractivity contribution in [1.82, 2.24) is 30.1 Å². The van der Waals surface area contributed by atoms with Crippen LogP contribution in [0.3, 0.4) is 0 Å². The number of benzene rings is 1. The lowest BCUT2D eigenvalue weighted by Gasteiger charge is -2.20. The van der Waals surface area contributed by atoms with Crippen LogP contribution in [-0.4, -0.2) is 49.0 Å². The number of rotatable bonds is 9. The molecule has 1 aromatic carbocycles. The molecule has 1 aliphatic rings. The number of aromatic nitrogens is 6. The number of anilines is 3. The molecule has 0 fully saturated rings. The number of aliphatic hydroxyl groups excluding tert-OH is 1. The first kappa shape index (κ1) is 26.4. The Bertz CT molecular complexity index is 1650. The van der Waals surface area contributed by atoms with Crippen LogP contribution in [0.15, 0.2) is 77.5 Å². The van der Waals surface area contributed by atoms with Crippen LogP contribution in [-0.2, 0) is 15.1 Å². The van der Waals surface area contributed by atoms with Gasteiger partial charge in [-0.3, -0.25) is 4.98 Å². The lowest BCUT2D eigenvalue weighted by atomic mass is 10.0. The maximum absolute atomic E-state index is 10.2. The van der Waals surface area contributed by atoms with Crippen LogP contribution < -0.4 is 10.6 Å². The summed E-state index contributed by atoms with van der Waals surface area (Å²) in [4.78, 5) is 18.3. The van der Waals surface area contributed by atoms with Gasteiger partial charge in [0.15, 0.2) is 6.29 Å². The molecule has 4 aromatic heterocycles. The number of nitrogens with one attached hydrogen (secondary N) is 2. The number of methoxy groups -OCH3 is 1. The molecule has 6 rings (SSSR count). The molecule has 0 spiro atoms. The van der Waals surface area contributed by atoms with Crippen LogP contribution in [0.2, 0.25) is 0 Å². The van der Waals surface area contributed by atoms with Crippen LogP contribution in [0.4, 0.5) is 17.6 Å². The predicted molar refractivity (Wildman–Crippen MR) is 150 cm³/mol. The fraction of sp³-hybridized carbons (Fsp3) is 0.241. The third kappa shape index (κ3) is 5.35. The van der Waals surface area contributed by atoms with Gasteiger partial charge in [-0.1, -0.05) is 36.4 Å². The molecule has 1 aliphatic heterocycles. The van der Waals surface area contributed by atoms with Crippen molar-refractivity contribution in [2.45, 2.75) is 31.8 Å². The van der Waals surface area contributed by atoms with Crippen molar-refractivity contribution < 1.29 is 19.0 Å². The van der Waals surface area contributed by atoms with Crippen LogP contribution in [0.25, 0.3) is 23.0 Å². The average molecular weight is 553 g/mol. The van der Waals surface area contributed by atoms with Gasteiger partial charge in [0.05, 0.1) is 23.9 Å². The van der Waals surface area contributed by atoms with Crippen molar-refractivity contribution in [3.63, 3.8) is 0 Å². The van der Waals surface area contributed by atoms with Gasteiger partial charge < -0.3 is 29.6 Å². The number of hydrogen-bond donors (Lipinski definition) is 3. The van der Waals surface area contributed by atoms with E-state index in [4.69, 9.17) is 23.9 Å². The molecule has 0 aliphatic carbocycles. The molecule has 41 heavy (non-hydrogen) atoms. The minimum Gasteiger partial charge on any atom is -0.414 e. The van der Waals surface area contributed by atoms with E-state index in [1.165, 1.54) is 0 Å². The molecule has 5 heterocycles. The summed E-state index contributed by atoms with van der Waals surface area (Å²) >= 11 is 0. The van der Waals surface area contributed by atoms with E-state index in [0.29, 0.717) is 22.9 Å². The second-order valence-corrected chi connectivity index (χ2v) is 9.83. The first-order valence-corrected chi connectivity index (χ1v) is 13.0. The SMILES string of the molecule is COC1OC(C)(C)c2nc(Nc3ncc(-c4nnc(-c5ccccn5)o4)c(N[C@H](CO)c4ccccc4)n3)ccc21. The standard InChI is InChI=1S/C29H28N8O4/c1-29(2)23-18(27(39-3)41-29)12-13-22(33-23)34-28-31-15-19(25-36-37-26(40-25)20-11-7-8-14-30-20)24(35-28)32-21(16-38)17-9-5-4-6-10-17/h4-15,21,27,38H,16H2,1-3H3,(H2,31,32,33,34,35)/t21-,27?/m1/s1. The molecular formula is C29H28N8O4. The zero-order valence-corrected chi connectivity index (χ0v) is 22.6. The van der Waals surface area contributed by atoms with E-state index in [9.17, 15) is 5.11 Å². The van der Waals surface area contributed by atoms with Gasteiger partial charge in [-0.05, 0) is 43.7 Å². The molecule has 3 N–H and O–H groups in total. The molecule has 0 saturated heterocycles. The van der Waals surface area contributed by atoms with Crippen molar-refractivity contribution >= 4 is 17.6 Å². The van der Waals surface area contributed by atoms with Gasteiger partial charge in [0.2, 0.25) is 5.95 Å². The Balaban J connectivity index is 1.35. The van der Waals surface area contributed by atoms with E-state index < -0.39 is 17.9 Å². The van der Waals surface area contributed by atoms with Gasteiger partial charge >= 0.3 is 0 Å². The molecule has 0 radical (unpaired) electrons. The molecule has 208 valence electrons. The molecule has 2 atom stereocenters. The maximum atomic E-state index is 10.2. The van der Waals surface area contributed by atoms with Crippen LogP contribution >= 0.6 is 0 Å². The number of ether oxygens (including phenoxy) is 2. The van der Waals surface area contributed by atoms with Crippen molar-refractivity contribution in [3.8, 4) is 23.0 Å². The summed E-state index contributed by atoms with van der Waals surface area (Å²) in [5, 5.41) is 25.1. The highest BCUT2D eigenvalue weighted by Crippen LogP contribution is 2.43. The number of hydrogen-bond acceptors (Lipinski definition) is 12. The van der Waals surface area contributed by atoms with E-state index in [-0.39, 0.29) is 24.3 Å². The quantitative estimate of drug-likeness (QED) is 0.230. The van der Waals surface area contributed by atoms with E-state index >= 15 is 0 Å². The Hall–Kier alpha value is -4.78. The highest BCUT2D eigenvalue weighted by molar-refractivity contribution is 5.71. The molecule has 5 aromatic rings. The topological polar surface area (TPSA) is 153 Å². The molecular weight excluding hydrogens is 524 g/mol. The van der Waals surface area contributed by atoms with Crippen LogP contribution in [0, 0.1) is 0 Å². The molecule has 1 unspecified atom stereocenters. The third-order valence-corrected chi connectivity index (χ3v) is 6.63. The summed E-state index contributed by atoms with van der Waals surface area (Å²) in [6.45, 7) is 3.70. The lowest BCUT2D eigenvalue weighted by molar-refractivity contribution is -0.175. The zero-order chi connectivity index (χ0) is 28.4. The van der Waals surface area contributed by atoms with Gasteiger partial charge in [-0.15, -0.1) is 10.2 Å². The number of pyridine rings is 2. The summed E-state index contributed by atoms with van der Waals surface area (Å²) in [6, 6.07) is 18.3. The van der Waals surface area contributed by atoms with E-state index in [2.05, 4.69) is 30.8 Å². The van der Waals surface area contributed by atoms with Gasteiger partial charge in [0.1, 0.15) is 22.9 Å². The zero-order valence-electron chi connectivity index (χ0n) is 22.6. The van der Waals surface area contributed by atoms with Crippen molar-refractivity contribution in [2.75, 3.05) is 24.4 Å². The second kappa shape index (κ2) is 11.0. The Labute approximate surface area is 235 Å². The second-order valence-electron chi connectivity index (χ2n) is 9.83. The number of nitrogens with zero attached hydrogens (tertiary/aromatic N) is 6. The minimum atomic E-state index is -0.627. The Morgan fingerprint density at radius 2 is 1.78 bits per heavy atom. The fourth-order valence-corrected chi connectivity index (χ4v) is 4.61. The Morgan fingerprint density at radius 3 is 2.54 bits per heavy atom. The van der Waals surface area contributed by atoms with Crippen LogP contribution in [0.5, 0.6) is 0 Å². The predicted octanol–water partition coefficient (Wildman–Crippen LogP) is 4.78. The number of aliphatic hydroxyl groups is 1.